The molecule has 0 fully saturated rings. The van der Waals surface area contributed by atoms with E-state index in [9.17, 15) is 9.59 Å². The van der Waals surface area contributed by atoms with Gasteiger partial charge in [-0.2, -0.15) is 5.10 Å². The Morgan fingerprint density at radius 1 is 1.41 bits per heavy atom. The van der Waals surface area contributed by atoms with Gasteiger partial charge in [-0.1, -0.05) is 25.1 Å². The minimum absolute atomic E-state index is 0.0210. The normalized spacial score (nSPS) is 16.9. The number of fused-ring (bicyclic) bond motifs is 1. The number of nitrogens with one attached hydrogen (secondary N) is 2. The van der Waals surface area contributed by atoms with Crippen molar-refractivity contribution >= 4 is 23.5 Å². The lowest BCUT2D eigenvalue weighted by molar-refractivity contribution is -0.119. The molecular weight excluding hydrogens is 280 g/mol. The van der Waals surface area contributed by atoms with Crippen molar-refractivity contribution in [3.63, 3.8) is 0 Å². The lowest BCUT2D eigenvalue weighted by Gasteiger charge is -2.19. The van der Waals surface area contributed by atoms with E-state index in [0.29, 0.717) is 23.6 Å². The zero-order chi connectivity index (χ0) is 15.9. The maximum Gasteiger partial charge on any atom is 0.257 e. The molecule has 0 saturated heterocycles. The molecule has 1 atom stereocenters. The number of hydrogen-bond acceptors (Lipinski definition) is 3. The lowest BCUT2D eigenvalue weighted by atomic mass is 9.98. The molecule has 22 heavy (non-hydrogen) atoms. The fourth-order valence-corrected chi connectivity index (χ4v) is 2.66. The van der Waals surface area contributed by atoms with Gasteiger partial charge in [0.1, 0.15) is 5.82 Å². The molecule has 0 radical (unpaired) electrons. The number of amides is 2. The van der Waals surface area contributed by atoms with Crippen LogP contribution in [0.5, 0.6) is 0 Å². The second-order valence-electron chi connectivity index (χ2n) is 5.66. The average Bonchev–Trinajstić information content (AvgIpc) is 2.76. The first-order valence-electron chi connectivity index (χ1n) is 7.21. The van der Waals surface area contributed by atoms with Gasteiger partial charge >= 0.3 is 0 Å². The van der Waals surface area contributed by atoms with Crippen molar-refractivity contribution in [3.8, 4) is 0 Å². The van der Waals surface area contributed by atoms with Crippen molar-refractivity contribution in [2.75, 3.05) is 10.6 Å². The zero-order valence-corrected chi connectivity index (χ0v) is 12.8. The van der Waals surface area contributed by atoms with Crippen LogP contribution >= 0.6 is 0 Å². The number of carbonyl (C=O) groups is 2. The van der Waals surface area contributed by atoms with Gasteiger partial charge in [-0.25, -0.2) is 0 Å². The Hall–Kier alpha value is -2.63. The first kappa shape index (κ1) is 14.3. The molecule has 1 aromatic carbocycles. The molecular formula is C16H18N4O2. The van der Waals surface area contributed by atoms with Crippen molar-refractivity contribution in [2.24, 2.45) is 13.0 Å². The Labute approximate surface area is 128 Å². The molecule has 2 N–H and O–H groups in total. The van der Waals surface area contributed by atoms with Crippen molar-refractivity contribution in [1.29, 1.82) is 0 Å². The van der Waals surface area contributed by atoms with Gasteiger partial charge in [0.15, 0.2) is 5.82 Å². The van der Waals surface area contributed by atoms with Crippen LogP contribution < -0.4 is 10.6 Å². The van der Waals surface area contributed by atoms with Gasteiger partial charge in [-0.05, 0) is 25.0 Å². The fourth-order valence-electron chi connectivity index (χ4n) is 2.66. The highest BCUT2D eigenvalue weighted by molar-refractivity contribution is 6.06. The van der Waals surface area contributed by atoms with Crippen LogP contribution in [0.3, 0.4) is 0 Å². The summed E-state index contributed by atoms with van der Waals surface area (Å²) in [6, 6.07) is 7.40. The van der Waals surface area contributed by atoms with E-state index in [4.69, 9.17) is 0 Å². The summed E-state index contributed by atoms with van der Waals surface area (Å²) in [7, 11) is 1.75. The highest BCUT2D eigenvalue weighted by atomic mass is 16.2. The van der Waals surface area contributed by atoms with Crippen LogP contribution in [0, 0.1) is 12.8 Å². The van der Waals surface area contributed by atoms with Crippen LogP contribution in [0.15, 0.2) is 24.3 Å². The third-order valence-electron chi connectivity index (χ3n) is 3.97. The highest BCUT2D eigenvalue weighted by Gasteiger charge is 2.29. The third kappa shape index (κ3) is 2.36. The predicted molar refractivity (Wildman–Crippen MR) is 83.8 cm³/mol. The molecule has 0 unspecified atom stereocenters. The number of nitrogens with zero attached hydrogens (tertiary/aromatic N) is 2. The van der Waals surface area contributed by atoms with E-state index in [1.54, 1.807) is 17.8 Å². The van der Waals surface area contributed by atoms with Gasteiger partial charge in [0.05, 0.1) is 0 Å². The monoisotopic (exact) mass is 298 g/mol. The second-order valence-corrected chi connectivity index (χ2v) is 5.66. The van der Waals surface area contributed by atoms with Crippen LogP contribution in [0.25, 0.3) is 0 Å². The number of rotatable bonds is 2. The maximum atomic E-state index is 12.4. The quantitative estimate of drug-likeness (QED) is 0.891. The number of benzene rings is 1. The van der Waals surface area contributed by atoms with E-state index in [1.807, 2.05) is 32.0 Å². The molecule has 1 aromatic heterocycles. The summed E-state index contributed by atoms with van der Waals surface area (Å²) >= 11 is 0. The van der Waals surface area contributed by atoms with Gasteiger partial charge in [-0.3, -0.25) is 14.3 Å². The molecule has 0 aliphatic carbocycles. The summed E-state index contributed by atoms with van der Waals surface area (Å²) in [6.07, 6.45) is 0.568. The first-order valence-corrected chi connectivity index (χ1v) is 7.21. The molecule has 0 spiro atoms. The summed E-state index contributed by atoms with van der Waals surface area (Å²) in [4.78, 5) is 24.2. The first-order chi connectivity index (χ1) is 10.5. The topological polar surface area (TPSA) is 76.0 Å². The molecule has 6 heteroatoms. The zero-order valence-electron chi connectivity index (χ0n) is 12.8. The van der Waals surface area contributed by atoms with E-state index in [0.717, 1.165) is 11.1 Å². The molecule has 2 heterocycles. The number of anilines is 2. The van der Waals surface area contributed by atoms with Crippen molar-refractivity contribution < 1.29 is 9.59 Å². The second kappa shape index (κ2) is 5.29. The van der Waals surface area contributed by atoms with Crippen molar-refractivity contribution in [3.05, 3.63) is 41.0 Å². The molecule has 3 rings (SSSR count). The summed E-state index contributed by atoms with van der Waals surface area (Å²) in [5, 5.41) is 10.0. The average molecular weight is 298 g/mol. The molecule has 114 valence electrons. The maximum absolute atomic E-state index is 12.4. The van der Waals surface area contributed by atoms with Crippen LogP contribution in [-0.2, 0) is 18.3 Å². The Bertz CT molecular complexity index is 764. The van der Waals surface area contributed by atoms with E-state index in [1.165, 1.54) is 0 Å². The summed E-state index contributed by atoms with van der Waals surface area (Å²) < 4.78 is 1.59. The Balaban J connectivity index is 1.91. The lowest BCUT2D eigenvalue weighted by Crippen LogP contribution is -2.28. The SMILES string of the molecule is Cc1ccccc1C(=O)Nc1nn(C)c2c1C[C@H](C)C(=O)N2. The Morgan fingerprint density at radius 2 is 2.14 bits per heavy atom. The standard InChI is InChI=1S/C16H18N4O2/c1-9-6-4-5-7-11(9)16(22)17-13-12-8-10(2)15(21)18-14(12)20(3)19-13/h4-7,10H,8H2,1-3H3,(H,18,21)(H,17,19,22)/t10-/m0/s1. The van der Waals surface area contributed by atoms with E-state index < -0.39 is 0 Å². The van der Waals surface area contributed by atoms with Gasteiger partial charge in [0, 0.05) is 24.1 Å². The minimum atomic E-state index is -0.191. The Morgan fingerprint density at radius 3 is 2.86 bits per heavy atom. The van der Waals surface area contributed by atoms with Crippen molar-refractivity contribution in [1.82, 2.24) is 9.78 Å². The number of aromatic nitrogens is 2. The minimum Gasteiger partial charge on any atom is -0.310 e. The van der Waals surface area contributed by atoms with Gasteiger partial charge in [0.2, 0.25) is 5.91 Å². The molecule has 2 aromatic rings. The largest absolute Gasteiger partial charge is 0.310 e. The van der Waals surface area contributed by atoms with Gasteiger partial charge < -0.3 is 10.6 Å². The van der Waals surface area contributed by atoms with Crippen LogP contribution in [0.4, 0.5) is 11.6 Å². The Kier molecular flexibility index (Phi) is 3.44. The third-order valence-corrected chi connectivity index (χ3v) is 3.97. The van der Waals surface area contributed by atoms with Crippen LogP contribution in [-0.4, -0.2) is 21.6 Å². The number of hydrogen-bond donors (Lipinski definition) is 2. The summed E-state index contributed by atoms with van der Waals surface area (Å²) in [5.74, 6) is 0.822. The van der Waals surface area contributed by atoms with Crippen LogP contribution in [0.1, 0.15) is 28.4 Å². The molecule has 2 amide bonds. The van der Waals surface area contributed by atoms with E-state index in [-0.39, 0.29) is 17.7 Å². The summed E-state index contributed by atoms with van der Waals surface area (Å²) in [5.41, 5.74) is 2.40. The number of aryl methyl sites for hydroxylation is 2. The molecule has 1 aliphatic rings. The summed E-state index contributed by atoms with van der Waals surface area (Å²) in [6.45, 7) is 3.75. The predicted octanol–water partition coefficient (Wildman–Crippen LogP) is 2.11. The highest BCUT2D eigenvalue weighted by Crippen LogP contribution is 2.31. The van der Waals surface area contributed by atoms with Gasteiger partial charge in [0.25, 0.3) is 5.91 Å². The molecule has 1 aliphatic heterocycles. The van der Waals surface area contributed by atoms with Gasteiger partial charge in [-0.15, -0.1) is 0 Å². The van der Waals surface area contributed by atoms with Crippen molar-refractivity contribution in [2.45, 2.75) is 20.3 Å². The fraction of sp³-hybridized carbons (Fsp3) is 0.312. The number of carbonyl (C=O) groups excluding carboxylic acids is 2. The van der Waals surface area contributed by atoms with E-state index in [2.05, 4.69) is 15.7 Å². The smallest absolute Gasteiger partial charge is 0.257 e. The molecule has 0 bridgehead atoms. The van der Waals surface area contributed by atoms with Crippen LogP contribution in [0.2, 0.25) is 0 Å². The molecule has 6 nitrogen and oxygen atoms in total. The molecule has 0 saturated carbocycles. The van der Waals surface area contributed by atoms with E-state index >= 15 is 0 Å².